The summed E-state index contributed by atoms with van der Waals surface area (Å²) in [6.45, 7) is 0. The van der Waals surface area contributed by atoms with E-state index in [2.05, 4.69) is 15.6 Å². The van der Waals surface area contributed by atoms with Gasteiger partial charge in [0.25, 0.3) is 0 Å². The van der Waals surface area contributed by atoms with E-state index in [9.17, 15) is 0 Å². The van der Waals surface area contributed by atoms with Crippen molar-refractivity contribution in [1.29, 1.82) is 5.26 Å². The van der Waals surface area contributed by atoms with Gasteiger partial charge in [-0.25, -0.2) is 4.98 Å². The number of benzene rings is 1. The van der Waals surface area contributed by atoms with Gasteiger partial charge in [0.05, 0.1) is 22.7 Å². The van der Waals surface area contributed by atoms with Crippen LogP contribution in [-0.4, -0.2) is 14.5 Å². The molecule has 0 radical (unpaired) electrons. The lowest BCUT2D eigenvalue weighted by atomic mass is 10.2. The number of aromatic nitrogens is 3. The summed E-state index contributed by atoms with van der Waals surface area (Å²) in [7, 11) is 0. The Kier molecular flexibility index (Phi) is 2.33. The third kappa shape index (κ3) is 1.68. The van der Waals surface area contributed by atoms with Crippen LogP contribution in [0.4, 0.5) is 0 Å². The molecule has 0 aliphatic heterocycles. The SMILES string of the molecule is N#Cc1ccc2c(c1)nc(-c1ccccn1)n2C1CC1. The van der Waals surface area contributed by atoms with Gasteiger partial charge in [-0.1, -0.05) is 6.07 Å². The lowest BCUT2D eigenvalue weighted by Crippen LogP contribution is -1.98. The van der Waals surface area contributed by atoms with Crippen molar-refractivity contribution < 1.29 is 0 Å². The van der Waals surface area contributed by atoms with Crippen LogP contribution in [0.5, 0.6) is 0 Å². The molecule has 96 valence electrons. The van der Waals surface area contributed by atoms with Gasteiger partial charge in [0.15, 0.2) is 5.82 Å². The number of nitriles is 1. The summed E-state index contributed by atoms with van der Waals surface area (Å²) in [5, 5.41) is 9.01. The Morgan fingerprint density at radius 3 is 2.80 bits per heavy atom. The molecular weight excluding hydrogens is 248 g/mol. The van der Waals surface area contributed by atoms with Gasteiger partial charge in [0.2, 0.25) is 0 Å². The molecule has 0 saturated heterocycles. The molecule has 1 fully saturated rings. The molecule has 0 atom stereocenters. The molecule has 1 aromatic carbocycles. The first-order valence-corrected chi connectivity index (χ1v) is 6.70. The van der Waals surface area contributed by atoms with Crippen LogP contribution in [-0.2, 0) is 0 Å². The quantitative estimate of drug-likeness (QED) is 0.710. The van der Waals surface area contributed by atoms with Crippen molar-refractivity contribution in [2.75, 3.05) is 0 Å². The van der Waals surface area contributed by atoms with Crippen molar-refractivity contribution in [3.8, 4) is 17.6 Å². The molecule has 4 nitrogen and oxygen atoms in total. The number of pyridine rings is 1. The Hall–Kier alpha value is -2.67. The molecule has 4 heteroatoms. The molecule has 0 bridgehead atoms. The molecule has 1 saturated carbocycles. The van der Waals surface area contributed by atoms with Crippen molar-refractivity contribution in [2.45, 2.75) is 18.9 Å². The van der Waals surface area contributed by atoms with Crippen molar-refractivity contribution >= 4 is 11.0 Å². The van der Waals surface area contributed by atoms with E-state index in [1.54, 1.807) is 6.20 Å². The van der Waals surface area contributed by atoms with Crippen LogP contribution >= 0.6 is 0 Å². The predicted octanol–water partition coefficient (Wildman–Crippen LogP) is 3.30. The lowest BCUT2D eigenvalue weighted by molar-refractivity contribution is 0.772. The van der Waals surface area contributed by atoms with Gasteiger partial charge in [-0.05, 0) is 43.2 Å². The van der Waals surface area contributed by atoms with Crippen LogP contribution in [0.25, 0.3) is 22.6 Å². The molecule has 4 rings (SSSR count). The van der Waals surface area contributed by atoms with Crippen LogP contribution in [0.3, 0.4) is 0 Å². The smallest absolute Gasteiger partial charge is 0.160 e. The van der Waals surface area contributed by atoms with Gasteiger partial charge < -0.3 is 4.57 Å². The fourth-order valence-corrected chi connectivity index (χ4v) is 2.55. The Balaban J connectivity index is 2.00. The largest absolute Gasteiger partial charge is 0.320 e. The summed E-state index contributed by atoms with van der Waals surface area (Å²) in [5.74, 6) is 0.901. The van der Waals surface area contributed by atoms with Gasteiger partial charge in [-0.15, -0.1) is 0 Å². The highest BCUT2D eigenvalue weighted by Crippen LogP contribution is 2.40. The molecule has 2 aromatic heterocycles. The van der Waals surface area contributed by atoms with E-state index in [4.69, 9.17) is 10.2 Å². The number of nitrogens with zero attached hydrogens (tertiary/aromatic N) is 4. The molecule has 0 spiro atoms. The van der Waals surface area contributed by atoms with Gasteiger partial charge in [-0.3, -0.25) is 4.98 Å². The minimum absolute atomic E-state index is 0.518. The number of hydrogen-bond acceptors (Lipinski definition) is 3. The highest BCUT2D eigenvalue weighted by molar-refractivity contribution is 5.81. The number of rotatable bonds is 2. The summed E-state index contributed by atoms with van der Waals surface area (Å²) in [4.78, 5) is 9.11. The van der Waals surface area contributed by atoms with E-state index < -0.39 is 0 Å². The third-order valence-corrected chi connectivity index (χ3v) is 3.62. The highest BCUT2D eigenvalue weighted by Gasteiger charge is 2.29. The molecule has 1 aliphatic rings. The standard InChI is InChI=1S/C16H12N4/c17-10-11-4-7-15-14(9-11)19-16(20(15)12-5-6-12)13-3-1-2-8-18-13/h1-4,7-9,12H,5-6H2. The van der Waals surface area contributed by atoms with Crippen LogP contribution in [0.2, 0.25) is 0 Å². The number of imidazole rings is 1. The van der Waals surface area contributed by atoms with Gasteiger partial charge in [0, 0.05) is 12.2 Å². The van der Waals surface area contributed by atoms with Crippen LogP contribution in [0.1, 0.15) is 24.4 Å². The minimum Gasteiger partial charge on any atom is -0.320 e. The molecular formula is C16H12N4. The molecule has 20 heavy (non-hydrogen) atoms. The van der Waals surface area contributed by atoms with Crippen molar-refractivity contribution in [2.24, 2.45) is 0 Å². The predicted molar refractivity (Wildman–Crippen MR) is 76.0 cm³/mol. The topological polar surface area (TPSA) is 54.5 Å². The summed E-state index contributed by atoms with van der Waals surface area (Å²) < 4.78 is 2.26. The zero-order valence-corrected chi connectivity index (χ0v) is 10.8. The summed E-state index contributed by atoms with van der Waals surface area (Å²) in [6, 6.07) is 14.2. The maximum absolute atomic E-state index is 9.01. The first kappa shape index (κ1) is 11.2. The summed E-state index contributed by atoms with van der Waals surface area (Å²) in [6.07, 6.45) is 4.16. The lowest BCUT2D eigenvalue weighted by Gasteiger charge is -2.06. The van der Waals surface area contributed by atoms with Gasteiger partial charge >= 0.3 is 0 Å². The summed E-state index contributed by atoms with van der Waals surface area (Å²) >= 11 is 0. The van der Waals surface area contributed by atoms with E-state index >= 15 is 0 Å². The van der Waals surface area contributed by atoms with Gasteiger partial charge in [0.1, 0.15) is 5.69 Å². The molecule has 3 aromatic rings. The van der Waals surface area contributed by atoms with Crippen molar-refractivity contribution in [3.05, 3.63) is 48.2 Å². The maximum atomic E-state index is 9.01. The number of fused-ring (bicyclic) bond motifs is 1. The first-order chi connectivity index (χ1) is 9.86. The van der Waals surface area contributed by atoms with Crippen LogP contribution < -0.4 is 0 Å². The first-order valence-electron chi connectivity index (χ1n) is 6.70. The summed E-state index contributed by atoms with van der Waals surface area (Å²) in [5.41, 5.74) is 3.49. The van der Waals surface area contributed by atoms with E-state index in [1.807, 2.05) is 36.4 Å². The van der Waals surface area contributed by atoms with E-state index in [-0.39, 0.29) is 0 Å². The maximum Gasteiger partial charge on any atom is 0.160 e. The minimum atomic E-state index is 0.518. The zero-order valence-electron chi connectivity index (χ0n) is 10.8. The van der Waals surface area contributed by atoms with Gasteiger partial charge in [-0.2, -0.15) is 5.26 Å². The monoisotopic (exact) mass is 260 g/mol. The molecule has 0 unspecified atom stereocenters. The second-order valence-corrected chi connectivity index (χ2v) is 5.07. The second kappa shape index (κ2) is 4.17. The highest BCUT2D eigenvalue weighted by atomic mass is 15.1. The molecule has 2 heterocycles. The fraction of sp³-hybridized carbons (Fsp3) is 0.188. The average molecular weight is 260 g/mol. The fourth-order valence-electron chi connectivity index (χ4n) is 2.55. The van der Waals surface area contributed by atoms with Crippen molar-refractivity contribution in [1.82, 2.24) is 14.5 Å². The normalized spacial score (nSPS) is 14.3. The average Bonchev–Trinajstić information content (AvgIpc) is 3.27. The second-order valence-electron chi connectivity index (χ2n) is 5.07. The number of hydrogen-bond donors (Lipinski definition) is 0. The molecule has 1 aliphatic carbocycles. The Labute approximate surface area is 116 Å². The van der Waals surface area contributed by atoms with E-state index in [1.165, 1.54) is 12.8 Å². The zero-order chi connectivity index (χ0) is 13.5. The van der Waals surface area contributed by atoms with Crippen LogP contribution in [0, 0.1) is 11.3 Å². The van der Waals surface area contributed by atoms with Crippen LogP contribution in [0.15, 0.2) is 42.6 Å². The van der Waals surface area contributed by atoms with E-state index in [0.29, 0.717) is 11.6 Å². The Morgan fingerprint density at radius 2 is 2.10 bits per heavy atom. The van der Waals surface area contributed by atoms with E-state index in [0.717, 1.165) is 22.6 Å². The molecule has 0 amide bonds. The van der Waals surface area contributed by atoms with Crippen molar-refractivity contribution in [3.63, 3.8) is 0 Å². The third-order valence-electron chi connectivity index (χ3n) is 3.62. The Bertz CT molecular complexity index is 823. The Morgan fingerprint density at radius 1 is 1.20 bits per heavy atom. The molecule has 0 N–H and O–H groups in total.